The zero-order valence-corrected chi connectivity index (χ0v) is 8.21. The third-order valence-corrected chi connectivity index (χ3v) is 1.71. The molecule has 0 rings (SSSR count). The van der Waals surface area contributed by atoms with Crippen LogP contribution in [0.4, 0.5) is 0 Å². The van der Waals surface area contributed by atoms with Crippen LogP contribution >= 0.6 is 24.4 Å². The van der Waals surface area contributed by atoms with Crippen LogP contribution in [-0.2, 0) is 0 Å². The second kappa shape index (κ2) is 4.30. The van der Waals surface area contributed by atoms with Gasteiger partial charge in [0.2, 0.25) is 0 Å². The zero-order valence-electron chi connectivity index (χ0n) is 6.57. The maximum Gasteiger partial charge on any atom is 0.185 e. The number of nitrogens with zero attached hydrogens (tertiary/aromatic N) is 2. The number of rotatable bonds is 1. The minimum atomic E-state index is 0.250. The van der Waals surface area contributed by atoms with Crippen molar-refractivity contribution in [3.05, 3.63) is 0 Å². The number of nitrogens with two attached hydrogens (primary N) is 2. The monoisotopic (exact) mass is 192 g/mol. The Balaban J connectivity index is 4.25. The Hall–Kier alpha value is -0.620. The van der Waals surface area contributed by atoms with E-state index in [1.165, 1.54) is 5.01 Å². The van der Waals surface area contributed by atoms with Gasteiger partial charge < -0.3 is 11.5 Å². The number of thiocarbonyl (C=S) groups is 2. The second-order valence-electron chi connectivity index (χ2n) is 1.92. The van der Waals surface area contributed by atoms with Crippen molar-refractivity contribution in [3.63, 3.8) is 0 Å². The number of hydrogen-bond donors (Lipinski definition) is 2. The lowest BCUT2D eigenvalue weighted by atomic mass is 10.7. The van der Waals surface area contributed by atoms with Crippen molar-refractivity contribution in [2.24, 2.45) is 11.5 Å². The van der Waals surface area contributed by atoms with Crippen LogP contribution in [0.1, 0.15) is 6.92 Å². The maximum absolute atomic E-state index is 5.39. The van der Waals surface area contributed by atoms with E-state index in [2.05, 4.69) is 0 Å². The molecule has 0 saturated carbocycles. The summed E-state index contributed by atoms with van der Waals surface area (Å²) in [5.41, 5.74) is 10.7. The van der Waals surface area contributed by atoms with Crippen molar-refractivity contribution in [3.8, 4) is 0 Å². The van der Waals surface area contributed by atoms with E-state index in [1.54, 1.807) is 12.1 Å². The molecular weight excluding hydrogens is 180 g/mol. The van der Waals surface area contributed by atoms with E-state index in [-0.39, 0.29) is 10.2 Å². The topological polar surface area (TPSA) is 58.5 Å². The third kappa shape index (κ3) is 2.85. The van der Waals surface area contributed by atoms with Gasteiger partial charge >= 0.3 is 0 Å². The lowest BCUT2D eigenvalue weighted by molar-refractivity contribution is 0.178. The molecule has 0 aromatic heterocycles. The van der Waals surface area contributed by atoms with Gasteiger partial charge in [0.1, 0.15) is 0 Å². The molecule has 0 bridgehead atoms. The van der Waals surface area contributed by atoms with Crippen molar-refractivity contribution in [1.82, 2.24) is 10.0 Å². The Morgan fingerprint density at radius 3 is 1.82 bits per heavy atom. The first kappa shape index (κ1) is 10.4. The van der Waals surface area contributed by atoms with Crippen molar-refractivity contribution in [1.29, 1.82) is 0 Å². The first-order chi connectivity index (χ1) is 5.00. The molecule has 0 unspecified atom stereocenters. The molecule has 4 N–H and O–H groups in total. The summed E-state index contributed by atoms with van der Waals surface area (Å²) < 4.78 is 0. The first-order valence-corrected chi connectivity index (χ1v) is 3.92. The molecule has 0 atom stereocenters. The normalized spacial score (nSPS) is 8.91. The summed E-state index contributed by atoms with van der Waals surface area (Å²) in [6.07, 6.45) is 0. The molecule has 0 aromatic carbocycles. The van der Waals surface area contributed by atoms with E-state index in [4.69, 9.17) is 35.9 Å². The highest BCUT2D eigenvalue weighted by molar-refractivity contribution is 7.80. The standard InChI is InChI=1S/C5H12N4S2/c1-3-9(5(7)11)8(2)4(6)10/h3H2,1-2H3,(H2,6,10)(H2,7,11). The van der Waals surface area contributed by atoms with Crippen molar-refractivity contribution in [2.75, 3.05) is 13.6 Å². The Kier molecular flexibility index (Phi) is 4.06. The molecule has 0 heterocycles. The molecule has 0 fully saturated rings. The highest BCUT2D eigenvalue weighted by Crippen LogP contribution is 1.93. The van der Waals surface area contributed by atoms with Crippen molar-refractivity contribution >= 4 is 34.7 Å². The molecule has 4 nitrogen and oxygen atoms in total. The quantitative estimate of drug-likeness (QED) is 0.437. The minimum absolute atomic E-state index is 0.250. The average Bonchev–Trinajstić information content (AvgIpc) is 1.88. The molecule has 6 heteroatoms. The van der Waals surface area contributed by atoms with Gasteiger partial charge in [-0.1, -0.05) is 0 Å². The largest absolute Gasteiger partial charge is 0.375 e. The van der Waals surface area contributed by atoms with Gasteiger partial charge in [-0.05, 0) is 31.4 Å². The van der Waals surface area contributed by atoms with Gasteiger partial charge in [-0.15, -0.1) is 0 Å². The lowest BCUT2D eigenvalue weighted by Crippen LogP contribution is -2.51. The molecule has 0 aromatic rings. The fourth-order valence-corrected chi connectivity index (χ4v) is 0.985. The van der Waals surface area contributed by atoms with Crippen LogP contribution in [0.2, 0.25) is 0 Å². The van der Waals surface area contributed by atoms with Crippen LogP contribution in [-0.4, -0.2) is 33.8 Å². The van der Waals surface area contributed by atoms with E-state index in [1.807, 2.05) is 6.92 Å². The van der Waals surface area contributed by atoms with Crippen LogP contribution in [0.15, 0.2) is 0 Å². The van der Waals surface area contributed by atoms with Crippen LogP contribution in [0.25, 0.3) is 0 Å². The maximum atomic E-state index is 5.39. The molecule has 0 aliphatic carbocycles. The van der Waals surface area contributed by atoms with Gasteiger partial charge in [0.25, 0.3) is 0 Å². The van der Waals surface area contributed by atoms with Gasteiger partial charge in [-0.3, -0.25) is 10.0 Å². The zero-order chi connectivity index (χ0) is 9.02. The molecule has 0 radical (unpaired) electrons. The molecule has 64 valence electrons. The molecule has 0 amide bonds. The predicted molar refractivity (Wildman–Crippen MR) is 53.7 cm³/mol. The van der Waals surface area contributed by atoms with E-state index in [0.29, 0.717) is 6.54 Å². The first-order valence-electron chi connectivity index (χ1n) is 3.10. The van der Waals surface area contributed by atoms with Crippen LogP contribution in [0.3, 0.4) is 0 Å². The highest BCUT2D eigenvalue weighted by Gasteiger charge is 2.10. The summed E-state index contributed by atoms with van der Waals surface area (Å²) in [6.45, 7) is 2.57. The molecule has 0 saturated heterocycles. The van der Waals surface area contributed by atoms with Gasteiger partial charge in [-0.25, -0.2) is 0 Å². The summed E-state index contributed by atoms with van der Waals surface area (Å²) in [5.74, 6) is 0. The van der Waals surface area contributed by atoms with E-state index in [9.17, 15) is 0 Å². The number of hydrazine groups is 1. The molecule has 0 spiro atoms. The fourth-order valence-electron chi connectivity index (χ4n) is 0.635. The Bertz CT molecular complexity index is 170. The molecule has 11 heavy (non-hydrogen) atoms. The lowest BCUT2D eigenvalue weighted by Gasteiger charge is -2.31. The van der Waals surface area contributed by atoms with Crippen LogP contribution < -0.4 is 11.5 Å². The fraction of sp³-hybridized carbons (Fsp3) is 0.600. The SMILES string of the molecule is CCN(C(N)=S)N(C)C(N)=S. The van der Waals surface area contributed by atoms with Gasteiger partial charge in [0.05, 0.1) is 0 Å². The Labute approximate surface area is 77.1 Å². The average molecular weight is 192 g/mol. The summed E-state index contributed by atoms with van der Waals surface area (Å²) in [6, 6.07) is 0. The second-order valence-corrected chi connectivity index (χ2v) is 2.75. The van der Waals surface area contributed by atoms with Crippen LogP contribution in [0.5, 0.6) is 0 Å². The van der Waals surface area contributed by atoms with Crippen LogP contribution in [0, 0.1) is 0 Å². The Morgan fingerprint density at radius 2 is 1.73 bits per heavy atom. The van der Waals surface area contributed by atoms with Crippen molar-refractivity contribution < 1.29 is 0 Å². The number of hydrogen-bond acceptors (Lipinski definition) is 2. The molecular formula is C5H12N4S2. The summed E-state index contributed by atoms with van der Waals surface area (Å²) >= 11 is 9.49. The summed E-state index contributed by atoms with van der Waals surface area (Å²) in [4.78, 5) is 0. The van der Waals surface area contributed by atoms with E-state index in [0.717, 1.165) is 0 Å². The van der Waals surface area contributed by atoms with Gasteiger partial charge in [0.15, 0.2) is 10.2 Å². The minimum Gasteiger partial charge on any atom is -0.375 e. The predicted octanol–water partition coefficient (Wildman–Crippen LogP) is -0.358. The van der Waals surface area contributed by atoms with E-state index >= 15 is 0 Å². The van der Waals surface area contributed by atoms with Gasteiger partial charge in [0, 0.05) is 13.6 Å². The smallest absolute Gasteiger partial charge is 0.185 e. The molecule has 0 aliphatic rings. The van der Waals surface area contributed by atoms with Crippen molar-refractivity contribution in [2.45, 2.75) is 6.92 Å². The highest BCUT2D eigenvalue weighted by atomic mass is 32.1. The third-order valence-electron chi connectivity index (χ3n) is 1.24. The Morgan fingerprint density at radius 1 is 1.27 bits per heavy atom. The summed E-state index contributed by atoms with van der Waals surface area (Å²) in [5, 5.41) is 3.66. The van der Waals surface area contributed by atoms with E-state index < -0.39 is 0 Å². The van der Waals surface area contributed by atoms with Gasteiger partial charge in [-0.2, -0.15) is 0 Å². The summed E-state index contributed by atoms with van der Waals surface area (Å²) in [7, 11) is 1.71. The molecule has 0 aliphatic heterocycles.